The molecule has 2 aromatic carbocycles. The first kappa shape index (κ1) is 23.0. The Hall–Kier alpha value is -1.17. The van der Waals surface area contributed by atoms with Gasteiger partial charge in [-0.25, -0.2) is 0 Å². The first-order chi connectivity index (χ1) is 14.7. The van der Waals surface area contributed by atoms with Gasteiger partial charge in [0.25, 0.3) is 5.91 Å². The van der Waals surface area contributed by atoms with Crippen molar-refractivity contribution in [2.75, 3.05) is 11.9 Å². The first-order valence-electron chi connectivity index (χ1n) is 9.90. The van der Waals surface area contributed by atoms with Crippen molar-refractivity contribution in [3.05, 3.63) is 62.6 Å². The minimum atomic E-state index is -1.27. The molecule has 2 aliphatic carbocycles. The molecule has 2 unspecified atom stereocenters. The number of benzene rings is 2. The fourth-order valence-corrected chi connectivity index (χ4v) is 5.00. The first-order valence-corrected chi connectivity index (χ1v) is 11.8. The molecule has 2 atom stereocenters. The van der Waals surface area contributed by atoms with Crippen LogP contribution in [0, 0.1) is 11.8 Å². The molecule has 0 bridgehead atoms. The molecule has 31 heavy (non-hydrogen) atoms. The number of carbonyl (C=O) groups is 2. The van der Waals surface area contributed by atoms with E-state index in [1.165, 1.54) is 12.8 Å². The molecular weight excluding hydrogens is 502 g/mol. The predicted octanol–water partition coefficient (Wildman–Crippen LogP) is 6.70. The van der Waals surface area contributed by atoms with Crippen molar-refractivity contribution in [2.45, 2.75) is 29.5 Å². The number of alkyl halides is 2. The van der Waals surface area contributed by atoms with Crippen LogP contribution in [0.1, 0.15) is 41.1 Å². The summed E-state index contributed by atoms with van der Waals surface area (Å²) in [4.78, 5) is 25.4. The van der Waals surface area contributed by atoms with E-state index in [9.17, 15) is 9.59 Å². The second kappa shape index (κ2) is 8.99. The SMILES string of the molecule is O=C(NCCC1CC1)c1cc(NC(=O)C2C(c3ccc(Cl)c(Cl)c3)C2(Cl)Cl)ccc1Cl. The number of halogens is 5. The molecule has 0 aromatic heterocycles. The zero-order valence-corrected chi connectivity index (χ0v) is 20.0. The molecule has 2 saturated carbocycles. The lowest BCUT2D eigenvalue weighted by atomic mass is 10.1. The van der Waals surface area contributed by atoms with Crippen molar-refractivity contribution >= 4 is 75.5 Å². The minimum absolute atomic E-state index is 0.272. The molecule has 2 aromatic rings. The van der Waals surface area contributed by atoms with Gasteiger partial charge in [0.15, 0.2) is 0 Å². The normalized spacial score (nSPS) is 21.5. The predicted molar refractivity (Wildman–Crippen MR) is 127 cm³/mol. The van der Waals surface area contributed by atoms with Gasteiger partial charge in [0.1, 0.15) is 4.33 Å². The van der Waals surface area contributed by atoms with Crippen LogP contribution in [-0.2, 0) is 4.79 Å². The number of hydrogen-bond donors (Lipinski definition) is 2. The summed E-state index contributed by atoms with van der Waals surface area (Å²) < 4.78 is -1.27. The van der Waals surface area contributed by atoms with Gasteiger partial charge in [0, 0.05) is 18.2 Å². The molecule has 2 amide bonds. The lowest BCUT2D eigenvalue weighted by Gasteiger charge is -2.10. The molecule has 2 aliphatic rings. The molecule has 4 rings (SSSR count). The summed E-state index contributed by atoms with van der Waals surface area (Å²) in [5, 5.41) is 6.75. The Labute approximate surface area is 205 Å². The molecule has 164 valence electrons. The third-order valence-electron chi connectivity index (χ3n) is 5.65. The van der Waals surface area contributed by atoms with Gasteiger partial charge >= 0.3 is 0 Å². The fraction of sp³-hybridized carbons (Fsp3) is 0.364. The summed E-state index contributed by atoms with van der Waals surface area (Å²) in [7, 11) is 0. The molecule has 4 nitrogen and oxygen atoms in total. The number of anilines is 1. The number of carbonyl (C=O) groups excluding carboxylic acids is 2. The number of nitrogens with one attached hydrogen (secondary N) is 2. The highest BCUT2D eigenvalue weighted by Crippen LogP contribution is 2.65. The highest BCUT2D eigenvalue weighted by Gasteiger charge is 2.67. The minimum Gasteiger partial charge on any atom is -0.352 e. The van der Waals surface area contributed by atoms with E-state index < -0.39 is 16.2 Å². The summed E-state index contributed by atoms with van der Waals surface area (Å²) in [5.41, 5.74) is 1.46. The molecule has 9 heteroatoms. The van der Waals surface area contributed by atoms with Crippen LogP contribution in [0.25, 0.3) is 0 Å². The molecule has 0 radical (unpaired) electrons. The van der Waals surface area contributed by atoms with Crippen molar-refractivity contribution in [3.63, 3.8) is 0 Å². The quantitative estimate of drug-likeness (QED) is 0.399. The Bertz CT molecular complexity index is 1040. The summed E-state index contributed by atoms with van der Waals surface area (Å²) >= 11 is 31.0. The average molecular weight is 521 g/mol. The molecule has 2 fully saturated rings. The molecular formula is C22H19Cl5N2O2. The van der Waals surface area contributed by atoms with Crippen LogP contribution in [0.3, 0.4) is 0 Å². The van der Waals surface area contributed by atoms with Crippen molar-refractivity contribution in [3.8, 4) is 0 Å². The van der Waals surface area contributed by atoms with E-state index in [1.54, 1.807) is 36.4 Å². The lowest BCUT2D eigenvalue weighted by molar-refractivity contribution is -0.117. The number of hydrogen-bond acceptors (Lipinski definition) is 2. The Morgan fingerprint density at radius 1 is 0.968 bits per heavy atom. The van der Waals surface area contributed by atoms with Crippen LogP contribution in [0.15, 0.2) is 36.4 Å². The standard InChI is InChI=1S/C22H19Cl5N2O2/c23-15-6-4-13(10-14(15)20(30)28-8-7-11-1-2-11)29-21(31)19-18(22(19,26)27)12-3-5-16(24)17(25)9-12/h3-6,9-11,18-19H,1-2,7-8H2,(H,28,30)(H,29,31). The average Bonchev–Trinajstić information content (AvgIpc) is 3.62. The van der Waals surface area contributed by atoms with Crippen molar-refractivity contribution < 1.29 is 9.59 Å². The Balaban J connectivity index is 1.44. The van der Waals surface area contributed by atoms with E-state index in [4.69, 9.17) is 58.0 Å². The van der Waals surface area contributed by atoms with Gasteiger partial charge in [-0.05, 0) is 48.2 Å². The summed E-state index contributed by atoms with van der Waals surface area (Å²) in [6.07, 6.45) is 3.42. The van der Waals surface area contributed by atoms with Crippen molar-refractivity contribution in [1.82, 2.24) is 5.32 Å². The third kappa shape index (κ3) is 5.09. The van der Waals surface area contributed by atoms with E-state index in [-0.39, 0.29) is 11.8 Å². The lowest BCUT2D eigenvalue weighted by Crippen LogP contribution is -2.25. The summed E-state index contributed by atoms with van der Waals surface area (Å²) in [6, 6.07) is 9.80. The van der Waals surface area contributed by atoms with Gasteiger partial charge in [-0.3, -0.25) is 9.59 Å². The highest BCUT2D eigenvalue weighted by atomic mass is 35.5. The van der Waals surface area contributed by atoms with Gasteiger partial charge in [-0.2, -0.15) is 0 Å². The Kier molecular flexibility index (Phi) is 6.67. The van der Waals surface area contributed by atoms with Gasteiger partial charge in [0.05, 0.1) is 26.5 Å². The fourth-order valence-electron chi connectivity index (χ4n) is 3.66. The molecule has 0 heterocycles. The highest BCUT2D eigenvalue weighted by molar-refractivity contribution is 6.53. The monoisotopic (exact) mass is 518 g/mol. The summed E-state index contributed by atoms with van der Waals surface area (Å²) in [5.74, 6) is -1.02. The number of rotatable bonds is 7. The Morgan fingerprint density at radius 2 is 1.68 bits per heavy atom. The Morgan fingerprint density at radius 3 is 2.35 bits per heavy atom. The zero-order valence-electron chi connectivity index (χ0n) is 16.2. The van der Waals surface area contributed by atoms with E-state index >= 15 is 0 Å². The summed E-state index contributed by atoms with van der Waals surface area (Å²) in [6.45, 7) is 0.602. The van der Waals surface area contributed by atoms with E-state index in [0.29, 0.717) is 32.9 Å². The van der Waals surface area contributed by atoms with Crippen molar-refractivity contribution in [2.24, 2.45) is 11.8 Å². The van der Waals surface area contributed by atoms with Crippen LogP contribution in [0.4, 0.5) is 5.69 Å². The second-order valence-electron chi connectivity index (χ2n) is 7.98. The van der Waals surface area contributed by atoms with Crippen molar-refractivity contribution in [1.29, 1.82) is 0 Å². The maximum atomic E-state index is 12.9. The second-order valence-corrected chi connectivity index (χ2v) is 10.6. The van der Waals surface area contributed by atoms with Crippen LogP contribution in [-0.4, -0.2) is 22.7 Å². The van der Waals surface area contributed by atoms with Crippen LogP contribution in [0.2, 0.25) is 15.1 Å². The maximum absolute atomic E-state index is 12.9. The molecule has 0 saturated heterocycles. The smallest absolute Gasteiger partial charge is 0.252 e. The van der Waals surface area contributed by atoms with Crippen LogP contribution in [0.5, 0.6) is 0 Å². The van der Waals surface area contributed by atoms with Crippen LogP contribution < -0.4 is 10.6 Å². The largest absolute Gasteiger partial charge is 0.352 e. The van der Waals surface area contributed by atoms with E-state index in [0.717, 1.165) is 17.9 Å². The maximum Gasteiger partial charge on any atom is 0.252 e. The topological polar surface area (TPSA) is 58.2 Å². The van der Waals surface area contributed by atoms with Gasteiger partial charge in [-0.15, -0.1) is 23.2 Å². The molecule has 0 aliphatic heterocycles. The van der Waals surface area contributed by atoms with Gasteiger partial charge < -0.3 is 10.6 Å². The van der Waals surface area contributed by atoms with E-state index in [2.05, 4.69) is 10.6 Å². The number of amides is 2. The van der Waals surface area contributed by atoms with Gasteiger partial charge in [0.2, 0.25) is 5.91 Å². The third-order valence-corrected chi connectivity index (χ3v) is 7.66. The molecule has 0 spiro atoms. The zero-order chi connectivity index (χ0) is 22.3. The van der Waals surface area contributed by atoms with E-state index in [1.807, 2.05) is 0 Å². The van der Waals surface area contributed by atoms with Gasteiger partial charge in [-0.1, -0.05) is 53.7 Å². The van der Waals surface area contributed by atoms with Crippen LogP contribution >= 0.6 is 58.0 Å². The molecule has 2 N–H and O–H groups in total.